The Morgan fingerprint density at radius 3 is 1.53 bits per heavy atom. The Labute approximate surface area is 483 Å². The molecule has 0 aliphatic carbocycles. The summed E-state index contributed by atoms with van der Waals surface area (Å²) in [7, 11) is 7.93. The van der Waals surface area contributed by atoms with Gasteiger partial charge in [-0.1, -0.05) is 72.0 Å². The molecule has 2 saturated heterocycles. The molecule has 6 rings (SSSR count). The Hall–Kier alpha value is -1.52. The Morgan fingerprint density at radius 2 is 1.10 bits per heavy atom. The molecule has 0 bridgehead atoms. The number of rotatable bonds is 17. The van der Waals surface area contributed by atoms with Crippen molar-refractivity contribution in [1.29, 1.82) is 0 Å². The number of hydrogen-bond acceptors (Lipinski definition) is 8. The second-order valence-corrected chi connectivity index (χ2v) is 35.7. The molecule has 0 radical (unpaired) electrons. The molecule has 4 aromatic rings. The van der Waals surface area contributed by atoms with Gasteiger partial charge in [0.2, 0.25) is 0 Å². The zero-order valence-electron chi connectivity index (χ0n) is 43.2. The molecule has 0 saturated carbocycles. The first-order chi connectivity index (χ1) is 33.9. The van der Waals surface area contributed by atoms with Crippen LogP contribution in [0.2, 0.25) is 33.4 Å². The second-order valence-electron chi connectivity index (χ2n) is 19.1. The number of likely N-dealkylation sites (tertiary alicyclic amines) is 2. The van der Waals surface area contributed by atoms with Gasteiger partial charge in [0.15, 0.2) is 0 Å². The van der Waals surface area contributed by atoms with Crippen LogP contribution >= 0.6 is 91.6 Å². The summed E-state index contributed by atoms with van der Waals surface area (Å²) >= 11 is 27.7. The number of nitrogens with zero attached hydrogens (tertiary/aromatic N) is 8. The molecule has 12 nitrogen and oxygen atoms in total. The number of halogens is 6. The van der Waals surface area contributed by atoms with Gasteiger partial charge in [0.1, 0.15) is 0 Å². The van der Waals surface area contributed by atoms with Gasteiger partial charge < -0.3 is 30.2 Å². The molecule has 2 aromatic heterocycles. The number of nitrogens with one attached hydrogen (secondary N) is 2. The van der Waals surface area contributed by atoms with E-state index in [1.54, 1.807) is 23.5 Å². The van der Waals surface area contributed by atoms with Gasteiger partial charge in [0, 0.05) is 47.7 Å². The quantitative estimate of drug-likeness (QED) is 0.0609. The molecule has 2 aliphatic heterocycles. The molecule has 400 valence electrons. The van der Waals surface area contributed by atoms with Gasteiger partial charge in [0.05, 0.1) is 44.1 Å². The van der Waals surface area contributed by atoms with Crippen LogP contribution in [0.1, 0.15) is 129 Å². The molecule has 19 heteroatoms. The van der Waals surface area contributed by atoms with E-state index in [2.05, 4.69) is 115 Å². The van der Waals surface area contributed by atoms with Crippen molar-refractivity contribution in [2.45, 2.75) is 144 Å². The fourth-order valence-corrected chi connectivity index (χ4v) is 30.5. The number of hydrogen-bond donors (Lipinski definition) is 2. The predicted octanol–water partition coefficient (Wildman–Crippen LogP) is 14.4. The van der Waals surface area contributed by atoms with E-state index in [9.17, 15) is 9.59 Å². The van der Waals surface area contributed by atoms with Crippen molar-refractivity contribution < 1.29 is 9.59 Å². The summed E-state index contributed by atoms with van der Waals surface area (Å²) in [5.41, 5.74) is 2.97. The van der Waals surface area contributed by atoms with Gasteiger partial charge in [-0.05, 0) is 120 Å². The van der Waals surface area contributed by atoms with Crippen molar-refractivity contribution in [3.8, 4) is 11.3 Å². The van der Waals surface area contributed by atoms with Crippen LogP contribution in [-0.4, -0.2) is 136 Å². The first kappa shape index (κ1) is 64.8. The molecule has 4 amide bonds. The van der Waals surface area contributed by atoms with Crippen molar-refractivity contribution in [3.05, 3.63) is 93.7 Å². The fourth-order valence-electron chi connectivity index (χ4n) is 9.19. The molecule has 0 spiro atoms. The number of urea groups is 2. The van der Waals surface area contributed by atoms with Gasteiger partial charge in [-0.3, -0.25) is 9.97 Å². The Bertz CT molecular complexity index is 2250. The SMILES string of the molecule is C.CC(NC(=O)N(C)C1CCN(C)CC1)c1ccc(-c2cnccn2)c(Cl)c1Cl.CC(NC(=O)N(C)C1CCN(C)CC1)c1ccc(I)c(Cl)c1Cl.CCC[CH2][Sn]([CH2]CCC)([CH2]CCC)[c]1nccnc1I. The number of aromatic nitrogens is 4. The summed E-state index contributed by atoms with van der Waals surface area (Å²) in [6.07, 6.45) is 20.7. The molecular formula is C53H80Cl4I2N10O2Sn. The number of carbonyl (C=O) groups excluding carboxylic acids is 2. The van der Waals surface area contributed by atoms with Crippen LogP contribution in [0.25, 0.3) is 11.3 Å². The molecule has 2 unspecified atom stereocenters. The first-order valence-electron chi connectivity index (χ1n) is 25.2. The van der Waals surface area contributed by atoms with Crippen molar-refractivity contribution in [2.75, 3.05) is 54.4 Å². The van der Waals surface area contributed by atoms with Gasteiger partial charge in [-0.25, -0.2) is 9.59 Å². The molecule has 72 heavy (non-hydrogen) atoms. The van der Waals surface area contributed by atoms with Crippen LogP contribution in [0.5, 0.6) is 0 Å². The molecule has 2 fully saturated rings. The molecule has 2 aliphatic rings. The first-order valence-corrected chi connectivity index (χ1v) is 36.3. The van der Waals surface area contributed by atoms with E-state index in [-0.39, 0.29) is 43.7 Å². The second kappa shape index (κ2) is 32.9. The molecule has 4 heterocycles. The normalized spacial score (nSPS) is 15.4. The monoisotopic (exact) mass is 1400 g/mol. The average Bonchev–Trinajstić information content (AvgIpc) is 3.37. The van der Waals surface area contributed by atoms with Gasteiger partial charge in [0.25, 0.3) is 0 Å². The average molecular weight is 1400 g/mol. The Balaban J connectivity index is 0.000000288. The zero-order chi connectivity index (χ0) is 52.3. The standard InChI is InChI=1S/C20H25Cl2N5O.C16H22Cl2IN3O.C4H2IN2.3C4H9.CH4.Sn/c1-13(25-20(28)27(3)14-6-10-26(2)11-7-14)15-4-5-16(19(22)18(15)21)17-12-23-8-9-24-17;1-10(12-4-5-13(19)15(18)14(12)17)20-16(23)22(3)11-6-8-21(2)9-7-11;5-4-3-6-1-2-7-4;3*1-3-4-2;;/h4-5,8-9,12-14H,6-7,10-11H2,1-3H3,(H,25,28);4-5,10-11H,6-9H2,1-3H3,(H,20,23);1-2H;3*1,3-4H2,2H3;1H4;. The molecule has 2 aromatic carbocycles. The summed E-state index contributed by atoms with van der Waals surface area (Å²) in [5.74, 6) is 0. The van der Waals surface area contributed by atoms with Crippen LogP contribution in [-0.2, 0) is 0 Å². The van der Waals surface area contributed by atoms with Crippen molar-refractivity contribution in [2.24, 2.45) is 0 Å². The van der Waals surface area contributed by atoms with Crippen LogP contribution in [0.4, 0.5) is 9.59 Å². The summed E-state index contributed by atoms with van der Waals surface area (Å²) in [6.45, 7) is 14.8. The minimum absolute atomic E-state index is 0. The van der Waals surface area contributed by atoms with Gasteiger partial charge in [-0.15, -0.1) is 0 Å². The Kier molecular flexibility index (Phi) is 29.6. The molecule has 2 N–H and O–H groups in total. The van der Waals surface area contributed by atoms with Crippen molar-refractivity contribution in [3.63, 3.8) is 0 Å². The minimum atomic E-state index is -2.34. The number of amides is 4. The fraction of sp³-hybridized carbons (Fsp3) is 0.585. The van der Waals surface area contributed by atoms with E-state index in [1.807, 2.05) is 69.5 Å². The van der Waals surface area contributed by atoms with Crippen molar-refractivity contribution in [1.82, 2.24) is 50.2 Å². The van der Waals surface area contributed by atoms with Gasteiger partial charge >= 0.3 is 155 Å². The summed E-state index contributed by atoms with van der Waals surface area (Å²) in [4.78, 5) is 51.1. The number of benzene rings is 2. The van der Waals surface area contributed by atoms with E-state index in [1.165, 1.54) is 59.2 Å². The van der Waals surface area contributed by atoms with Crippen LogP contribution < -0.4 is 14.3 Å². The Morgan fingerprint density at radius 1 is 0.667 bits per heavy atom. The maximum atomic E-state index is 12.7. The van der Waals surface area contributed by atoms with E-state index in [0.29, 0.717) is 31.3 Å². The summed E-state index contributed by atoms with van der Waals surface area (Å²) in [6, 6.07) is 7.45. The summed E-state index contributed by atoms with van der Waals surface area (Å²) < 4.78 is 7.99. The van der Waals surface area contributed by atoms with Crippen molar-refractivity contribution >= 4 is 126 Å². The number of piperidine rings is 2. The third-order valence-corrected chi connectivity index (χ3v) is 34.3. The topological polar surface area (TPSA) is 123 Å². The number of carbonyl (C=O) groups is 2. The predicted molar refractivity (Wildman–Crippen MR) is 323 cm³/mol. The maximum absolute atomic E-state index is 12.7. The molecular weight excluding hydrogens is 1320 g/mol. The summed E-state index contributed by atoms with van der Waals surface area (Å²) in [5, 5.41) is 7.92. The molecule has 2 atom stereocenters. The third kappa shape index (κ3) is 18.9. The van der Waals surface area contributed by atoms with E-state index in [4.69, 9.17) is 51.4 Å². The third-order valence-electron chi connectivity index (χ3n) is 13.9. The van der Waals surface area contributed by atoms with Crippen LogP contribution in [0.15, 0.2) is 55.2 Å². The van der Waals surface area contributed by atoms with Crippen LogP contribution in [0.3, 0.4) is 0 Å². The van der Waals surface area contributed by atoms with E-state index < -0.39 is 18.4 Å². The van der Waals surface area contributed by atoms with E-state index in [0.717, 1.165) is 66.6 Å². The van der Waals surface area contributed by atoms with Gasteiger partial charge in [-0.2, -0.15) is 0 Å². The van der Waals surface area contributed by atoms with E-state index >= 15 is 0 Å². The number of unbranched alkanes of at least 4 members (excludes halogenated alkanes) is 3. The van der Waals surface area contributed by atoms with Crippen LogP contribution in [0, 0.1) is 7.27 Å². The zero-order valence-corrected chi connectivity index (χ0v) is 53.4.